The van der Waals surface area contributed by atoms with Crippen LogP contribution in [-0.2, 0) is 24.0 Å². The summed E-state index contributed by atoms with van der Waals surface area (Å²) >= 11 is 1.20. The molecule has 1 aromatic heterocycles. The second-order valence-corrected chi connectivity index (χ2v) is 10.6. The highest BCUT2D eigenvalue weighted by Gasteiger charge is 2.30. The fourth-order valence-corrected chi connectivity index (χ4v) is 4.82. The van der Waals surface area contributed by atoms with Crippen LogP contribution < -0.4 is 10.1 Å². The Bertz CT molecular complexity index is 1180. The third kappa shape index (κ3) is 8.79. The number of hydrogen-bond donors (Lipinski definition) is 1. The molecule has 2 aromatic carbocycles. The van der Waals surface area contributed by atoms with Crippen LogP contribution in [-0.4, -0.2) is 26.4 Å². The van der Waals surface area contributed by atoms with Gasteiger partial charge in [-0.3, -0.25) is 4.79 Å². The minimum atomic E-state index is -4.48. The monoisotopic (exact) mass is 548 g/mol. The van der Waals surface area contributed by atoms with Gasteiger partial charge in [-0.1, -0.05) is 63.6 Å². The zero-order valence-corrected chi connectivity index (χ0v) is 23.0. The Morgan fingerprint density at radius 1 is 1.08 bits per heavy atom. The van der Waals surface area contributed by atoms with Crippen LogP contribution in [0.25, 0.3) is 0 Å². The molecule has 1 N–H and O–H groups in total. The molecule has 0 aliphatic heterocycles. The standard InChI is InChI=1S/C28H35F3N4O2S/c1-5-21-12-14-24(15-13-21)37-17-25-33-34-27(35(25)20(4)9-6-8-19(2)3)38-18-26(36)32-23-11-7-10-22(16-23)28(29,30)31/h7,10-16,19-20H,5-6,8-9,17-18H2,1-4H3,(H,32,36)/t20-/m1/s1. The van der Waals surface area contributed by atoms with Crippen molar-refractivity contribution in [3.63, 3.8) is 0 Å². The molecule has 0 spiro atoms. The van der Waals surface area contributed by atoms with Gasteiger partial charge in [-0.2, -0.15) is 13.2 Å². The van der Waals surface area contributed by atoms with Gasteiger partial charge in [-0.25, -0.2) is 0 Å². The molecule has 0 radical (unpaired) electrons. The number of aromatic nitrogens is 3. The maximum absolute atomic E-state index is 13.0. The topological polar surface area (TPSA) is 69.0 Å². The van der Waals surface area contributed by atoms with Crippen LogP contribution in [0.15, 0.2) is 53.7 Å². The first-order valence-electron chi connectivity index (χ1n) is 12.8. The highest BCUT2D eigenvalue weighted by Crippen LogP contribution is 2.31. The number of carbonyl (C=O) groups excluding carboxylic acids is 1. The van der Waals surface area contributed by atoms with Gasteiger partial charge in [0.05, 0.1) is 11.3 Å². The first-order valence-corrected chi connectivity index (χ1v) is 13.8. The van der Waals surface area contributed by atoms with Crippen molar-refractivity contribution < 1.29 is 22.7 Å². The number of ether oxygens (including phenoxy) is 1. The minimum absolute atomic E-state index is 0.0214. The molecular formula is C28H35F3N4O2S. The van der Waals surface area contributed by atoms with E-state index in [1.807, 2.05) is 28.8 Å². The molecule has 0 unspecified atom stereocenters. The second-order valence-electron chi connectivity index (χ2n) is 9.64. The highest BCUT2D eigenvalue weighted by molar-refractivity contribution is 7.99. The van der Waals surface area contributed by atoms with E-state index in [0.29, 0.717) is 16.9 Å². The molecule has 0 aliphatic rings. The SMILES string of the molecule is CCc1ccc(OCc2nnc(SCC(=O)Nc3cccc(C(F)(F)F)c3)n2[C@H](C)CCCC(C)C)cc1. The number of carbonyl (C=O) groups is 1. The van der Waals surface area contributed by atoms with E-state index in [1.165, 1.54) is 29.5 Å². The number of aryl methyl sites for hydroxylation is 1. The summed E-state index contributed by atoms with van der Waals surface area (Å²) < 4.78 is 47.0. The third-order valence-electron chi connectivity index (χ3n) is 6.08. The third-order valence-corrected chi connectivity index (χ3v) is 7.03. The van der Waals surface area contributed by atoms with Gasteiger partial charge in [0.15, 0.2) is 11.0 Å². The Morgan fingerprint density at radius 3 is 2.47 bits per heavy atom. The molecule has 10 heteroatoms. The normalized spacial score (nSPS) is 12.5. The molecule has 38 heavy (non-hydrogen) atoms. The van der Waals surface area contributed by atoms with E-state index in [1.54, 1.807) is 0 Å². The number of amides is 1. The predicted octanol–water partition coefficient (Wildman–Crippen LogP) is 7.56. The lowest BCUT2D eigenvalue weighted by molar-refractivity contribution is -0.137. The summed E-state index contributed by atoms with van der Waals surface area (Å²) in [4.78, 5) is 12.5. The van der Waals surface area contributed by atoms with Crippen molar-refractivity contribution >= 4 is 23.4 Å². The quantitative estimate of drug-likeness (QED) is 0.223. The first-order chi connectivity index (χ1) is 18.1. The Labute approximate surface area is 226 Å². The number of nitrogens with one attached hydrogen (secondary N) is 1. The number of rotatable bonds is 13. The van der Waals surface area contributed by atoms with Crippen LogP contribution in [0.4, 0.5) is 18.9 Å². The van der Waals surface area contributed by atoms with Crippen molar-refractivity contribution in [2.24, 2.45) is 5.92 Å². The summed E-state index contributed by atoms with van der Waals surface area (Å²) in [6.07, 6.45) is -0.475. The largest absolute Gasteiger partial charge is 0.486 e. The molecule has 3 aromatic rings. The fourth-order valence-electron chi connectivity index (χ4n) is 3.97. The molecular weight excluding hydrogens is 513 g/mol. The number of nitrogens with zero attached hydrogens (tertiary/aromatic N) is 3. The molecule has 0 fully saturated rings. The van der Waals surface area contributed by atoms with Crippen molar-refractivity contribution in [3.8, 4) is 5.75 Å². The Morgan fingerprint density at radius 2 is 1.82 bits per heavy atom. The number of anilines is 1. The molecule has 0 saturated heterocycles. The average Bonchev–Trinajstić information content (AvgIpc) is 3.29. The molecule has 0 saturated carbocycles. The molecule has 3 rings (SSSR count). The molecule has 206 valence electrons. The van der Waals surface area contributed by atoms with Crippen LogP contribution in [0, 0.1) is 5.92 Å². The lowest BCUT2D eigenvalue weighted by Crippen LogP contribution is -2.17. The summed E-state index contributed by atoms with van der Waals surface area (Å²) in [6, 6.07) is 12.6. The lowest BCUT2D eigenvalue weighted by atomic mass is 10.0. The van der Waals surface area contributed by atoms with E-state index in [0.717, 1.165) is 43.6 Å². The maximum Gasteiger partial charge on any atom is 0.416 e. The zero-order chi connectivity index (χ0) is 27.7. The smallest absolute Gasteiger partial charge is 0.416 e. The van der Waals surface area contributed by atoms with Gasteiger partial charge >= 0.3 is 6.18 Å². The van der Waals surface area contributed by atoms with E-state index >= 15 is 0 Å². The van der Waals surface area contributed by atoms with E-state index in [-0.39, 0.29) is 24.1 Å². The molecule has 6 nitrogen and oxygen atoms in total. The molecule has 0 aliphatic carbocycles. The molecule has 0 bridgehead atoms. The predicted molar refractivity (Wildman–Crippen MR) is 144 cm³/mol. The van der Waals surface area contributed by atoms with E-state index in [2.05, 4.69) is 43.2 Å². The van der Waals surface area contributed by atoms with Crippen molar-refractivity contribution in [1.82, 2.24) is 14.8 Å². The molecule has 1 atom stereocenters. The zero-order valence-electron chi connectivity index (χ0n) is 22.2. The Hall–Kier alpha value is -3.01. The van der Waals surface area contributed by atoms with Gasteiger partial charge in [-0.15, -0.1) is 10.2 Å². The van der Waals surface area contributed by atoms with Gasteiger partial charge in [-0.05, 0) is 61.6 Å². The maximum atomic E-state index is 13.0. The average molecular weight is 549 g/mol. The number of alkyl halides is 3. The number of halogens is 3. The Kier molecular flexibility index (Phi) is 10.6. The van der Waals surface area contributed by atoms with Crippen LogP contribution in [0.3, 0.4) is 0 Å². The number of thioether (sulfide) groups is 1. The molecule has 1 heterocycles. The van der Waals surface area contributed by atoms with E-state index in [4.69, 9.17) is 4.74 Å². The number of benzene rings is 2. The van der Waals surface area contributed by atoms with Crippen molar-refractivity contribution in [3.05, 3.63) is 65.5 Å². The number of hydrogen-bond acceptors (Lipinski definition) is 5. The first kappa shape index (κ1) is 29.5. The van der Waals surface area contributed by atoms with Crippen molar-refractivity contribution in [2.45, 2.75) is 77.4 Å². The highest BCUT2D eigenvalue weighted by atomic mass is 32.2. The fraction of sp³-hybridized carbons (Fsp3) is 0.464. The lowest BCUT2D eigenvalue weighted by Gasteiger charge is -2.19. The Balaban J connectivity index is 1.69. The minimum Gasteiger partial charge on any atom is -0.486 e. The molecule has 1 amide bonds. The summed E-state index contributed by atoms with van der Waals surface area (Å²) in [5.74, 6) is 1.55. The van der Waals surface area contributed by atoms with Gasteiger partial charge in [0.2, 0.25) is 5.91 Å². The van der Waals surface area contributed by atoms with Crippen LogP contribution in [0.2, 0.25) is 0 Å². The van der Waals surface area contributed by atoms with Crippen LogP contribution >= 0.6 is 11.8 Å². The van der Waals surface area contributed by atoms with Crippen LogP contribution in [0.5, 0.6) is 5.75 Å². The van der Waals surface area contributed by atoms with E-state index in [9.17, 15) is 18.0 Å². The van der Waals surface area contributed by atoms with Gasteiger partial charge in [0.1, 0.15) is 12.4 Å². The van der Waals surface area contributed by atoms with Crippen LogP contribution in [0.1, 0.15) is 70.0 Å². The van der Waals surface area contributed by atoms with E-state index < -0.39 is 17.6 Å². The van der Waals surface area contributed by atoms with Crippen molar-refractivity contribution in [1.29, 1.82) is 0 Å². The van der Waals surface area contributed by atoms with Crippen molar-refractivity contribution in [2.75, 3.05) is 11.1 Å². The summed E-state index contributed by atoms with van der Waals surface area (Å²) in [5, 5.41) is 11.8. The second kappa shape index (κ2) is 13.7. The summed E-state index contributed by atoms with van der Waals surface area (Å²) in [5.41, 5.74) is 0.505. The van der Waals surface area contributed by atoms with Gasteiger partial charge in [0, 0.05) is 11.7 Å². The summed E-state index contributed by atoms with van der Waals surface area (Å²) in [6.45, 7) is 8.80. The van der Waals surface area contributed by atoms with Gasteiger partial charge in [0.25, 0.3) is 0 Å². The van der Waals surface area contributed by atoms with Gasteiger partial charge < -0.3 is 14.6 Å². The summed E-state index contributed by atoms with van der Waals surface area (Å²) in [7, 11) is 0.